The van der Waals surface area contributed by atoms with Crippen LogP contribution >= 0.6 is 33.9 Å². The van der Waals surface area contributed by atoms with Crippen LogP contribution in [0, 0.1) is 10.5 Å². The topological polar surface area (TPSA) is 56.5 Å². The Hall–Kier alpha value is -1.74. The van der Waals surface area contributed by atoms with Crippen molar-refractivity contribution in [2.45, 2.75) is 32.6 Å². The number of aryl methyl sites for hydroxylation is 3. The average molecular weight is 479 g/mol. The molecule has 0 saturated carbocycles. The van der Waals surface area contributed by atoms with E-state index in [1.54, 1.807) is 24.7 Å². The van der Waals surface area contributed by atoms with Crippen LogP contribution in [0.1, 0.15) is 34.7 Å². The molecule has 5 nitrogen and oxygen atoms in total. The lowest BCUT2D eigenvalue weighted by Gasteiger charge is -2.10. The smallest absolute Gasteiger partial charge is 0.283 e. The van der Waals surface area contributed by atoms with Crippen molar-refractivity contribution >= 4 is 50.4 Å². The molecule has 3 aromatic rings. The number of ether oxygens (including phenoxy) is 1. The van der Waals surface area contributed by atoms with Crippen molar-refractivity contribution in [1.29, 1.82) is 0 Å². The highest BCUT2D eigenvalue weighted by atomic mass is 127. The second-order valence-corrected chi connectivity index (χ2v) is 8.55. The summed E-state index contributed by atoms with van der Waals surface area (Å²) in [6.45, 7) is 1.83. The standard InChI is InChI=1S/C19H18IN3O2S/c1-11-22-18-17(13-5-3-4-6-16(13)26-18)19(24)23(11)21-10-12-7-8-15(25-2)14(20)9-12/h7-10H,3-6H2,1-2H3/b21-10-. The third kappa shape index (κ3) is 3.07. The molecule has 1 aliphatic carbocycles. The molecule has 1 aromatic carbocycles. The lowest BCUT2D eigenvalue weighted by atomic mass is 9.97. The van der Waals surface area contributed by atoms with Gasteiger partial charge in [0, 0.05) is 4.88 Å². The van der Waals surface area contributed by atoms with Crippen LogP contribution < -0.4 is 10.3 Å². The molecule has 7 heteroatoms. The van der Waals surface area contributed by atoms with Crippen molar-refractivity contribution in [3.05, 3.63) is 54.0 Å². The molecule has 1 aliphatic rings. The van der Waals surface area contributed by atoms with E-state index in [1.165, 1.54) is 21.5 Å². The highest BCUT2D eigenvalue weighted by molar-refractivity contribution is 14.1. The number of thiophene rings is 1. The van der Waals surface area contributed by atoms with Gasteiger partial charge in [0.05, 0.1) is 22.3 Å². The first-order valence-electron chi connectivity index (χ1n) is 8.50. The molecule has 0 aliphatic heterocycles. The van der Waals surface area contributed by atoms with Crippen LogP contribution in [0.25, 0.3) is 10.2 Å². The van der Waals surface area contributed by atoms with Gasteiger partial charge in [-0.2, -0.15) is 9.78 Å². The van der Waals surface area contributed by atoms with Gasteiger partial charge in [0.25, 0.3) is 5.56 Å². The minimum absolute atomic E-state index is 0.0636. The molecule has 0 amide bonds. The summed E-state index contributed by atoms with van der Waals surface area (Å²) < 4.78 is 7.69. The van der Waals surface area contributed by atoms with Crippen molar-refractivity contribution in [2.24, 2.45) is 5.10 Å². The van der Waals surface area contributed by atoms with Gasteiger partial charge < -0.3 is 4.74 Å². The van der Waals surface area contributed by atoms with Crippen molar-refractivity contribution in [2.75, 3.05) is 7.11 Å². The zero-order valence-electron chi connectivity index (χ0n) is 14.6. The summed E-state index contributed by atoms with van der Waals surface area (Å²) in [4.78, 5) is 19.9. The Labute approximate surface area is 168 Å². The lowest BCUT2D eigenvalue weighted by molar-refractivity contribution is 0.412. The Kier molecular flexibility index (Phi) is 4.83. The third-order valence-electron chi connectivity index (χ3n) is 4.63. The van der Waals surface area contributed by atoms with Crippen LogP contribution in [-0.4, -0.2) is 23.0 Å². The molecule has 0 fully saturated rings. The fourth-order valence-electron chi connectivity index (χ4n) is 3.32. The van der Waals surface area contributed by atoms with E-state index in [0.717, 1.165) is 44.4 Å². The van der Waals surface area contributed by atoms with Crippen LogP contribution in [0.4, 0.5) is 0 Å². The SMILES string of the molecule is COc1ccc(/C=N\n2c(C)nc3sc4c(c3c2=O)CCCC4)cc1I. The summed E-state index contributed by atoms with van der Waals surface area (Å²) in [6, 6.07) is 5.79. The molecule has 134 valence electrons. The number of methoxy groups -OCH3 is 1. The Bertz CT molecular complexity index is 1080. The quantitative estimate of drug-likeness (QED) is 0.419. The molecule has 0 saturated heterocycles. The van der Waals surface area contributed by atoms with Crippen LogP contribution in [-0.2, 0) is 12.8 Å². The average Bonchev–Trinajstić information content (AvgIpc) is 2.99. The summed E-state index contributed by atoms with van der Waals surface area (Å²) in [5.74, 6) is 1.43. The Balaban J connectivity index is 1.79. The van der Waals surface area contributed by atoms with Gasteiger partial charge in [-0.05, 0) is 84.5 Å². The number of aromatic nitrogens is 2. The van der Waals surface area contributed by atoms with Crippen LogP contribution in [0.15, 0.2) is 28.1 Å². The van der Waals surface area contributed by atoms with Gasteiger partial charge in [0.15, 0.2) is 0 Å². The summed E-state index contributed by atoms with van der Waals surface area (Å²) in [7, 11) is 1.65. The number of nitrogens with zero attached hydrogens (tertiary/aromatic N) is 3. The second-order valence-electron chi connectivity index (χ2n) is 6.31. The van der Waals surface area contributed by atoms with Gasteiger partial charge in [-0.1, -0.05) is 0 Å². The molecular formula is C19H18IN3O2S. The number of halogens is 1. The molecular weight excluding hydrogens is 461 g/mol. The fraction of sp³-hybridized carbons (Fsp3) is 0.316. The number of fused-ring (bicyclic) bond motifs is 3. The fourth-order valence-corrected chi connectivity index (χ4v) is 5.38. The maximum absolute atomic E-state index is 13.1. The summed E-state index contributed by atoms with van der Waals surface area (Å²) >= 11 is 3.89. The number of benzene rings is 1. The van der Waals surface area contributed by atoms with Gasteiger partial charge in [-0.25, -0.2) is 4.98 Å². The Morgan fingerprint density at radius 3 is 2.92 bits per heavy atom. The summed E-state index contributed by atoms with van der Waals surface area (Å²) in [6.07, 6.45) is 6.06. The largest absolute Gasteiger partial charge is 0.496 e. The van der Waals surface area contributed by atoms with E-state index in [1.807, 2.05) is 25.1 Å². The molecule has 0 atom stereocenters. The zero-order valence-corrected chi connectivity index (χ0v) is 17.6. The monoisotopic (exact) mass is 479 g/mol. The van der Waals surface area contributed by atoms with E-state index in [4.69, 9.17) is 4.74 Å². The normalized spacial score (nSPS) is 14.1. The number of rotatable bonds is 3. The van der Waals surface area contributed by atoms with Crippen molar-refractivity contribution in [3.63, 3.8) is 0 Å². The first kappa shape index (κ1) is 17.7. The number of hydrogen-bond acceptors (Lipinski definition) is 5. The van der Waals surface area contributed by atoms with E-state index in [0.29, 0.717) is 5.82 Å². The van der Waals surface area contributed by atoms with E-state index in [9.17, 15) is 4.79 Å². The molecule has 0 unspecified atom stereocenters. The molecule has 0 radical (unpaired) electrons. The zero-order chi connectivity index (χ0) is 18.3. The van der Waals surface area contributed by atoms with Gasteiger partial charge in [-0.15, -0.1) is 11.3 Å². The second kappa shape index (κ2) is 7.11. The molecule has 0 bridgehead atoms. The van der Waals surface area contributed by atoms with E-state index in [-0.39, 0.29) is 5.56 Å². The molecule has 2 aromatic heterocycles. The van der Waals surface area contributed by atoms with Gasteiger partial charge >= 0.3 is 0 Å². The van der Waals surface area contributed by atoms with Crippen molar-refractivity contribution in [3.8, 4) is 5.75 Å². The predicted molar refractivity (Wildman–Crippen MR) is 114 cm³/mol. The maximum Gasteiger partial charge on any atom is 0.283 e. The maximum atomic E-state index is 13.1. The van der Waals surface area contributed by atoms with Gasteiger partial charge in [-0.3, -0.25) is 4.79 Å². The molecule has 26 heavy (non-hydrogen) atoms. The Morgan fingerprint density at radius 2 is 2.15 bits per heavy atom. The summed E-state index contributed by atoms with van der Waals surface area (Å²) in [5, 5.41) is 5.19. The number of hydrogen-bond donors (Lipinski definition) is 0. The van der Waals surface area contributed by atoms with E-state index >= 15 is 0 Å². The minimum atomic E-state index is -0.0636. The third-order valence-corrected chi connectivity index (χ3v) is 6.66. The molecule has 0 N–H and O–H groups in total. The highest BCUT2D eigenvalue weighted by Gasteiger charge is 2.21. The first-order valence-corrected chi connectivity index (χ1v) is 10.4. The van der Waals surface area contributed by atoms with Gasteiger partial charge in [0.1, 0.15) is 16.4 Å². The summed E-state index contributed by atoms with van der Waals surface area (Å²) in [5.41, 5.74) is 2.04. The highest BCUT2D eigenvalue weighted by Crippen LogP contribution is 2.33. The predicted octanol–water partition coefficient (Wildman–Crippen LogP) is 4.14. The molecule has 0 spiro atoms. The Morgan fingerprint density at radius 1 is 1.35 bits per heavy atom. The molecule has 4 rings (SSSR count). The van der Waals surface area contributed by atoms with Crippen LogP contribution in [0.3, 0.4) is 0 Å². The van der Waals surface area contributed by atoms with Crippen molar-refractivity contribution in [1.82, 2.24) is 9.66 Å². The van der Waals surface area contributed by atoms with Crippen molar-refractivity contribution < 1.29 is 4.74 Å². The van der Waals surface area contributed by atoms with E-state index in [2.05, 4.69) is 32.7 Å². The van der Waals surface area contributed by atoms with E-state index < -0.39 is 0 Å². The van der Waals surface area contributed by atoms with Crippen LogP contribution in [0.2, 0.25) is 0 Å². The lowest BCUT2D eigenvalue weighted by Crippen LogP contribution is -2.21. The first-order chi connectivity index (χ1) is 12.6. The molecule has 2 heterocycles. The van der Waals surface area contributed by atoms with Gasteiger partial charge in [0.2, 0.25) is 0 Å². The van der Waals surface area contributed by atoms with Crippen LogP contribution in [0.5, 0.6) is 5.75 Å². The minimum Gasteiger partial charge on any atom is -0.496 e.